The van der Waals surface area contributed by atoms with E-state index in [0.717, 1.165) is 5.56 Å². The zero-order valence-electron chi connectivity index (χ0n) is 15.0. The van der Waals surface area contributed by atoms with E-state index in [1.54, 1.807) is 26.8 Å². The number of hydrogen-bond acceptors (Lipinski definition) is 3. The molecule has 0 aromatic heterocycles. The number of para-hydroxylation sites is 1. The lowest BCUT2D eigenvalue weighted by Gasteiger charge is -2.25. The first-order valence-electron chi connectivity index (χ1n) is 8.40. The van der Waals surface area contributed by atoms with E-state index in [2.05, 4.69) is 5.32 Å². The van der Waals surface area contributed by atoms with Crippen molar-refractivity contribution in [3.63, 3.8) is 0 Å². The lowest BCUT2D eigenvalue weighted by atomic mass is 10.0. The van der Waals surface area contributed by atoms with Gasteiger partial charge >= 0.3 is 6.09 Å². The number of halogens is 1. The Bertz CT molecular complexity index is 828. The summed E-state index contributed by atoms with van der Waals surface area (Å²) in [4.78, 5) is 26.7. The van der Waals surface area contributed by atoms with Gasteiger partial charge in [-0.2, -0.15) is 0 Å². The summed E-state index contributed by atoms with van der Waals surface area (Å²) in [7, 11) is 0. The lowest BCUT2D eigenvalue weighted by Crippen LogP contribution is -2.37. The molecule has 0 fully saturated rings. The van der Waals surface area contributed by atoms with Crippen LogP contribution in [0.25, 0.3) is 0 Å². The number of rotatable bonds is 2. The Hall–Kier alpha value is -2.89. The van der Waals surface area contributed by atoms with E-state index in [1.165, 1.54) is 29.2 Å². The highest BCUT2D eigenvalue weighted by atomic mass is 19.1. The van der Waals surface area contributed by atoms with E-state index in [9.17, 15) is 14.0 Å². The standard InChI is InChI=1S/C20H21FN2O3/c1-20(2,3)26-19(25)23-12-16(15-6-4-5-7-17(15)23)18(24)22-14-10-8-13(21)9-11-14/h4-11,16H,12H2,1-3H3,(H,22,24). The Labute approximate surface area is 151 Å². The average molecular weight is 356 g/mol. The van der Waals surface area contributed by atoms with Crippen LogP contribution in [0.1, 0.15) is 32.3 Å². The third-order valence-electron chi connectivity index (χ3n) is 4.01. The van der Waals surface area contributed by atoms with Crippen LogP contribution in [0.2, 0.25) is 0 Å². The van der Waals surface area contributed by atoms with Crippen LogP contribution in [-0.4, -0.2) is 24.1 Å². The Balaban J connectivity index is 1.81. The van der Waals surface area contributed by atoms with Crippen LogP contribution in [0.3, 0.4) is 0 Å². The molecule has 1 aliphatic rings. The SMILES string of the molecule is CC(C)(C)OC(=O)N1CC(C(=O)Nc2ccc(F)cc2)c2ccccc21. The third-order valence-corrected chi connectivity index (χ3v) is 4.01. The molecule has 2 amide bonds. The second-order valence-corrected chi connectivity index (χ2v) is 7.20. The Morgan fingerprint density at radius 1 is 1.12 bits per heavy atom. The van der Waals surface area contributed by atoms with Crippen molar-refractivity contribution in [2.24, 2.45) is 0 Å². The Morgan fingerprint density at radius 3 is 2.42 bits per heavy atom. The van der Waals surface area contributed by atoms with Gasteiger partial charge in [0.2, 0.25) is 5.91 Å². The molecule has 0 aliphatic carbocycles. The number of anilines is 2. The van der Waals surface area contributed by atoms with Gasteiger partial charge in [0.15, 0.2) is 0 Å². The van der Waals surface area contributed by atoms with Crippen molar-refractivity contribution in [2.75, 3.05) is 16.8 Å². The van der Waals surface area contributed by atoms with Gasteiger partial charge in [-0.15, -0.1) is 0 Å². The molecule has 0 spiro atoms. The number of amides is 2. The molecule has 3 rings (SSSR count). The molecule has 0 bridgehead atoms. The van der Waals surface area contributed by atoms with Gasteiger partial charge in [0.25, 0.3) is 0 Å². The summed E-state index contributed by atoms with van der Waals surface area (Å²) in [5, 5.41) is 2.78. The summed E-state index contributed by atoms with van der Waals surface area (Å²) in [5.41, 5.74) is 1.31. The summed E-state index contributed by atoms with van der Waals surface area (Å²) >= 11 is 0. The molecule has 2 aromatic carbocycles. The van der Waals surface area contributed by atoms with Crippen LogP contribution in [0, 0.1) is 5.82 Å². The number of carbonyl (C=O) groups is 2. The minimum absolute atomic E-state index is 0.196. The predicted octanol–water partition coefficient (Wildman–Crippen LogP) is 4.30. The van der Waals surface area contributed by atoms with Gasteiger partial charge in [-0.1, -0.05) is 18.2 Å². The normalized spacial score (nSPS) is 16.2. The van der Waals surface area contributed by atoms with Crippen LogP contribution in [0.4, 0.5) is 20.6 Å². The van der Waals surface area contributed by atoms with Crippen LogP contribution in [0.5, 0.6) is 0 Å². The highest BCUT2D eigenvalue weighted by Crippen LogP contribution is 2.37. The van der Waals surface area contributed by atoms with Crippen molar-refractivity contribution in [1.29, 1.82) is 0 Å². The molecular formula is C20H21FN2O3. The first-order chi connectivity index (χ1) is 12.2. The monoisotopic (exact) mass is 356 g/mol. The van der Waals surface area contributed by atoms with Crippen molar-refractivity contribution in [3.8, 4) is 0 Å². The maximum absolute atomic E-state index is 13.0. The molecule has 1 heterocycles. The maximum atomic E-state index is 13.0. The molecule has 1 aliphatic heterocycles. The van der Waals surface area contributed by atoms with E-state index >= 15 is 0 Å². The minimum atomic E-state index is -0.625. The van der Waals surface area contributed by atoms with E-state index in [1.807, 2.05) is 18.2 Å². The van der Waals surface area contributed by atoms with Gasteiger partial charge in [0.1, 0.15) is 11.4 Å². The van der Waals surface area contributed by atoms with E-state index in [4.69, 9.17) is 4.74 Å². The average Bonchev–Trinajstić information content (AvgIpc) is 2.95. The molecule has 6 heteroatoms. The summed E-state index contributed by atoms with van der Waals surface area (Å²) in [6.45, 7) is 5.59. The number of nitrogens with zero attached hydrogens (tertiary/aromatic N) is 1. The molecule has 1 unspecified atom stereocenters. The minimum Gasteiger partial charge on any atom is -0.443 e. The van der Waals surface area contributed by atoms with E-state index in [0.29, 0.717) is 11.4 Å². The summed E-state index contributed by atoms with van der Waals surface area (Å²) in [6, 6.07) is 12.8. The van der Waals surface area contributed by atoms with Crippen molar-refractivity contribution in [2.45, 2.75) is 32.3 Å². The van der Waals surface area contributed by atoms with Crippen molar-refractivity contribution in [3.05, 3.63) is 59.9 Å². The number of carbonyl (C=O) groups excluding carboxylic acids is 2. The highest BCUT2D eigenvalue weighted by molar-refractivity contribution is 6.02. The molecule has 1 N–H and O–H groups in total. The molecule has 136 valence electrons. The van der Waals surface area contributed by atoms with Crippen LogP contribution < -0.4 is 10.2 Å². The second kappa shape index (κ2) is 6.78. The topological polar surface area (TPSA) is 58.6 Å². The molecule has 2 aromatic rings. The molecule has 0 radical (unpaired) electrons. The zero-order valence-corrected chi connectivity index (χ0v) is 15.0. The number of ether oxygens (including phenoxy) is 1. The van der Waals surface area contributed by atoms with Gasteiger partial charge < -0.3 is 10.1 Å². The molecule has 1 atom stereocenters. The second-order valence-electron chi connectivity index (χ2n) is 7.20. The molecule has 0 saturated carbocycles. The maximum Gasteiger partial charge on any atom is 0.414 e. The first kappa shape index (κ1) is 17.9. The van der Waals surface area contributed by atoms with Gasteiger partial charge in [-0.25, -0.2) is 9.18 Å². The van der Waals surface area contributed by atoms with Crippen LogP contribution in [0.15, 0.2) is 48.5 Å². The number of fused-ring (bicyclic) bond motifs is 1. The quantitative estimate of drug-likeness (QED) is 0.873. The smallest absolute Gasteiger partial charge is 0.414 e. The van der Waals surface area contributed by atoms with Crippen molar-refractivity contribution in [1.82, 2.24) is 0 Å². The summed E-state index contributed by atoms with van der Waals surface area (Å²) in [5.74, 6) is -1.15. The fraction of sp³-hybridized carbons (Fsp3) is 0.300. The van der Waals surface area contributed by atoms with Gasteiger partial charge in [-0.05, 0) is 56.7 Å². The molecule has 26 heavy (non-hydrogen) atoms. The number of hydrogen-bond donors (Lipinski definition) is 1. The van der Waals surface area contributed by atoms with E-state index < -0.39 is 17.6 Å². The van der Waals surface area contributed by atoms with E-state index in [-0.39, 0.29) is 18.3 Å². The van der Waals surface area contributed by atoms with Crippen LogP contribution >= 0.6 is 0 Å². The van der Waals surface area contributed by atoms with Crippen molar-refractivity contribution < 1.29 is 18.7 Å². The number of benzene rings is 2. The zero-order chi connectivity index (χ0) is 18.9. The van der Waals surface area contributed by atoms with Gasteiger partial charge in [-0.3, -0.25) is 9.69 Å². The van der Waals surface area contributed by atoms with Crippen molar-refractivity contribution >= 4 is 23.4 Å². The van der Waals surface area contributed by atoms with Gasteiger partial charge in [0.05, 0.1) is 11.6 Å². The summed E-state index contributed by atoms with van der Waals surface area (Å²) < 4.78 is 18.5. The predicted molar refractivity (Wildman–Crippen MR) is 97.8 cm³/mol. The molecular weight excluding hydrogens is 335 g/mol. The first-order valence-corrected chi connectivity index (χ1v) is 8.40. The third kappa shape index (κ3) is 3.85. The highest BCUT2D eigenvalue weighted by Gasteiger charge is 2.38. The Kier molecular flexibility index (Phi) is 4.68. The van der Waals surface area contributed by atoms with Crippen LogP contribution in [-0.2, 0) is 9.53 Å². The number of nitrogens with one attached hydrogen (secondary N) is 1. The Morgan fingerprint density at radius 2 is 1.77 bits per heavy atom. The largest absolute Gasteiger partial charge is 0.443 e. The van der Waals surface area contributed by atoms with Gasteiger partial charge in [0, 0.05) is 12.2 Å². The summed E-state index contributed by atoms with van der Waals surface area (Å²) in [6.07, 6.45) is -0.484. The molecule has 0 saturated heterocycles. The molecule has 5 nitrogen and oxygen atoms in total. The fourth-order valence-corrected chi connectivity index (χ4v) is 2.88. The fourth-order valence-electron chi connectivity index (χ4n) is 2.88. The lowest BCUT2D eigenvalue weighted by molar-refractivity contribution is -0.117.